The van der Waals surface area contributed by atoms with Crippen LogP contribution in [0.1, 0.15) is 0 Å². The Morgan fingerprint density at radius 2 is 1.82 bits per heavy atom. The second kappa shape index (κ2) is 7.01. The third-order valence-corrected chi connectivity index (χ3v) is 5.76. The van der Waals surface area contributed by atoms with Crippen molar-refractivity contribution in [2.45, 2.75) is 0 Å². The molecule has 164 valence electrons. The number of nitrogen functional groups attached to an aromatic ring is 1. The number of hydrogen-bond acceptors (Lipinski definition) is 8. The van der Waals surface area contributed by atoms with Gasteiger partial charge in [-0.15, -0.1) is 0 Å². The van der Waals surface area contributed by atoms with E-state index < -0.39 is 0 Å². The molecule has 0 unspecified atom stereocenters. The number of benzene rings is 1. The lowest BCUT2D eigenvalue weighted by molar-refractivity contribution is 0.174. The van der Waals surface area contributed by atoms with Gasteiger partial charge in [-0.05, 0) is 42.0 Å². The third-order valence-electron chi connectivity index (χ3n) is 5.76. The van der Waals surface area contributed by atoms with E-state index in [2.05, 4.69) is 25.1 Å². The molecular weight excluding hydrogens is 432 g/mol. The van der Waals surface area contributed by atoms with Crippen LogP contribution < -0.4 is 15.2 Å². The highest BCUT2D eigenvalue weighted by Gasteiger charge is 2.19. The molecule has 0 atom stereocenters. The van der Waals surface area contributed by atoms with Crippen molar-refractivity contribution in [2.24, 2.45) is 0 Å². The Hall–Kier alpha value is -4.99. The zero-order chi connectivity index (χ0) is 22.6. The van der Waals surface area contributed by atoms with E-state index in [0.717, 1.165) is 39.2 Å². The van der Waals surface area contributed by atoms with Crippen LogP contribution in [0, 0.1) is 0 Å². The van der Waals surface area contributed by atoms with E-state index in [-0.39, 0.29) is 6.79 Å². The summed E-state index contributed by atoms with van der Waals surface area (Å²) in [6.45, 7) is 0.226. The normalized spacial score (nSPS) is 12.6. The van der Waals surface area contributed by atoms with Gasteiger partial charge < -0.3 is 20.2 Å². The van der Waals surface area contributed by atoms with E-state index in [0.29, 0.717) is 34.1 Å². The smallest absolute Gasteiger partial charge is 0.231 e. The molecule has 34 heavy (non-hydrogen) atoms. The summed E-state index contributed by atoms with van der Waals surface area (Å²) < 4.78 is 11.0. The van der Waals surface area contributed by atoms with Gasteiger partial charge in [-0.3, -0.25) is 10.1 Å². The molecular formula is C24H16N8O2. The fraction of sp³-hybridized carbons (Fsp3) is 0.0417. The maximum Gasteiger partial charge on any atom is 0.231 e. The number of hydrogen-bond donors (Lipinski definition) is 3. The van der Waals surface area contributed by atoms with E-state index in [1.807, 2.05) is 42.5 Å². The number of H-pyrrole nitrogens is 2. The fourth-order valence-electron chi connectivity index (χ4n) is 4.14. The van der Waals surface area contributed by atoms with Gasteiger partial charge in [0.05, 0.1) is 16.9 Å². The molecule has 1 aliphatic heterocycles. The van der Waals surface area contributed by atoms with Gasteiger partial charge >= 0.3 is 0 Å². The van der Waals surface area contributed by atoms with Gasteiger partial charge in [-0.2, -0.15) is 5.10 Å². The average Bonchev–Trinajstić information content (AvgIpc) is 3.60. The lowest BCUT2D eigenvalue weighted by Crippen LogP contribution is -1.92. The molecule has 0 spiro atoms. The fourth-order valence-corrected chi connectivity index (χ4v) is 4.14. The predicted molar refractivity (Wildman–Crippen MR) is 126 cm³/mol. The molecule has 0 saturated carbocycles. The van der Waals surface area contributed by atoms with Crippen molar-refractivity contribution in [1.82, 2.24) is 35.1 Å². The standard InChI is InChI=1S/C24H16N8O2/c25-14-7-13(9-26-10-14)16-2-3-17-21(28-16)22(32-31-17)24-29-20-15(5-6-27-23(20)30-24)12-1-4-18-19(8-12)34-11-33-18/h1-10H,11,25H2,(H,31,32)(H,27,29,30). The van der Waals surface area contributed by atoms with Gasteiger partial charge in [0.1, 0.15) is 11.0 Å². The van der Waals surface area contributed by atoms with Crippen LogP contribution in [0.2, 0.25) is 0 Å². The molecule has 1 aliphatic rings. The summed E-state index contributed by atoms with van der Waals surface area (Å²) in [5, 5.41) is 7.51. The summed E-state index contributed by atoms with van der Waals surface area (Å²) in [7, 11) is 0. The number of aromatic amines is 2. The lowest BCUT2D eigenvalue weighted by atomic mass is 10.1. The van der Waals surface area contributed by atoms with Crippen LogP contribution in [0.3, 0.4) is 0 Å². The molecule has 0 bridgehead atoms. The lowest BCUT2D eigenvalue weighted by Gasteiger charge is -2.03. The number of fused-ring (bicyclic) bond motifs is 3. The van der Waals surface area contributed by atoms with Crippen molar-refractivity contribution in [1.29, 1.82) is 0 Å². The maximum absolute atomic E-state index is 5.90. The van der Waals surface area contributed by atoms with E-state index in [1.54, 1.807) is 18.6 Å². The van der Waals surface area contributed by atoms with Gasteiger partial charge in [-0.25, -0.2) is 15.0 Å². The highest BCUT2D eigenvalue weighted by Crippen LogP contribution is 2.38. The molecule has 7 rings (SSSR count). The van der Waals surface area contributed by atoms with Crippen LogP contribution in [0.4, 0.5) is 5.69 Å². The Morgan fingerprint density at radius 1 is 0.882 bits per heavy atom. The Kier molecular flexibility index (Phi) is 3.83. The zero-order valence-electron chi connectivity index (χ0n) is 17.6. The van der Waals surface area contributed by atoms with Crippen LogP contribution in [0.25, 0.3) is 56.1 Å². The quantitative estimate of drug-likeness (QED) is 0.370. The summed E-state index contributed by atoms with van der Waals surface area (Å²) >= 11 is 0. The van der Waals surface area contributed by atoms with Gasteiger partial charge in [0.15, 0.2) is 28.7 Å². The van der Waals surface area contributed by atoms with Gasteiger partial charge in [0.25, 0.3) is 0 Å². The van der Waals surface area contributed by atoms with Gasteiger partial charge in [-0.1, -0.05) is 6.07 Å². The van der Waals surface area contributed by atoms with Crippen LogP contribution in [-0.4, -0.2) is 41.9 Å². The Bertz CT molecular complexity index is 1720. The van der Waals surface area contributed by atoms with E-state index in [1.165, 1.54) is 0 Å². The third kappa shape index (κ3) is 2.85. The number of pyridine rings is 3. The minimum absolute atomic E-state index is 0.226. The predicted octanol–water partition coefficient (Wildman–Crippen LogP) is 3.94. The minimum atomic E-state index is 0.226. The first-order valence-corrected chi connectivity index (χ1v) is 10.5. The van der Waals surface area contributed by atoms with Crippen molar-refractivity contribution in [3.63, 3.8) is 0 Å². The highest BCUT2D eigenvalue weighted by atomic mass is 16.7. The van der Waals surface area contributed by atoms with Crippen molar-refractivity contribution in [3.05, 3.63) is 61.1 Å². The molecule has 4 N–H and O–H groups in total. The summed E-state index contributed by atoms with van der Waals surface area (Å²) in [5.41, 5.74) is 13.4. The van der Waals surface area contributed by atoms with Crippen molar-refractivity contribution in [3.8, 4) is 45.4 Å². The Morgan fingerprint density at radius 3 is 2.76 bits per heavy atom. The van der Waals surface area contributed by atoms with Gasteiger partial charge in [0.2, 0.25) is 6.79 Å². The van der Waals surface area contributed by atoms with Crippen molar-refractivity contribution >= 4 is 27.9 Å². The van der Waals surface area contributed by atoms with Crippen LogP contribution in [0.5, 0.6) is 11.5 Å². The van der Waals surface area contributed by atoms with Crippen LogP contribution >= 0.6 is 0 Å². The number of nitrogens with two attached hydrogens (primary N) is 1. The number of ether oxygens (including phenoxy) is 2. The van der Waals surface area contributed by atoms with Crippen LogP contribution in [0.15, 0.2) is 61.1 Å². The molecule has 0 saturated heterocycles. The monoisotopic (exact) mass is 448 g/mol. The molecule has 6 aromatic rings. The number of aromatic nitrogens is 7. The van der Waals surface area contributed by atoms with E-state index in [4.69, 9.17) is 25.2 Å². The number of nitrogens with zero attached hydrogens (tertiary/aromatic N) is 5. The number of rotatable bonds is 3. The average molecular weight is 448 g/mol. The maximum atomic E-state index is 5.90. The first-order valence-electron chi connectivity index (χ1n) is 10.5. The molecule has 5 aromatic heterocycles. The van der Waals surface area contributed by atoms with Crippen LogP contribution in [-0.2, 0) is 0 Å². The second-order valence-corrected chi connectivity index (χ2v) is 7.88. The summed E-state index contributed by atoms with van der Waals surface area (Å²) in [6, 6.07) is 13.4. The molecule has 10 nitrogen and oxygen atoms in total. The van der Waals surface area contributed by atoms with Gasteiger partial charge in [0, 0.05) is 29.7 Å². The molecule has 6 heterocycles. The summed E-state index contributed by atoms with van der Waals surface area (Å²) in [5.74, 6) is 2.01. The molecule has 10 heteroatoms. The molecule has 1 aromatic carbocycles. The Labute approximate surface area is 191 Å². The molecule has 0 amide bonds. The zero-order valence-corrected chi connectivity index (χ0v) is 17.6. The van der Waals surface area contributed by atoms with Crippen molar-refractivity contribution in [2.75, 3.05) is 12.5 Å². The largest absolute Gasteiger partial charge is 0.454 e. The molecule has 0 aliphatic carbocycles. The summed E-state index contributed by atoms with van der Waals surface area (Å²) in [4.78, 5) is 21.6. The number of imidazole rings is 1. The topological polar surface area (TPSA) is 141 Å². The first kappa shape index (κ1) is 18.6. The Balaban J connectivity index is 1.36. The number of nitrogens with one attached hydrogen (secondary N) is 2. The van der Waals surface area contributed by atoms with Crippen molar-refractivity contribution < 1.29 is 9.47 Å². The van der Waals surface area contributed by atoms with E-state index >= 15 is 0 Å². The first-order chi connectivity index (χ1) is 16.7. The highest BCUT2D eigenvalue weighted by molar-refractivity contribution is 5.95. The second-order valence-electron chi connectivity index (χ2n) is 7.88. The minimum Gasteiger partial charge on any atom is -0.454 e. The number of anilines is 1. The van der Waals surface area contributed by atoms with E-state index in [9.17, 15) is 0 Å². The molecule has 0 fully saturated rings. The SMILES string of the molecule is Nc1cncc(-c2ccc3[nH]nc(-c4nc5c(-c6ccc7c(c6)OCO7)ccnc5[nH]4)c3n2)c1. The summed E-state index contributed by atoms with van der Waals surface area (Å²) in [6.07, 6.45) is 5.08. The molecule has 0 radical (unpaired) electrons.